The molecule has 1 amide bonds. The lowest BCUT2D eigenvalue weighted by atomic mass is 10.1. The summed E-state index contributed by atoms with van der Waals surface area (Å²) in [7, 11) is 0. The standard InChI is InChI=1S/C12H9BrF3NO2/c13-8-3-7(12(14,15)16)4-9(5-8)17-2-1-10(18)6-11(17)19/h3-5H,1-2,6H2. The Balaban J connectivity index is 2.37. The van der Waals surface area contributed by atoms with Gasteiger partial charge in [0, 0.05) is 23.1 Å². The highest BCUT2D eigenvalue weighted by molar-refractivity contribution is 9.10. The number of ketones is 1. The summed E-state index contributed by atoms with van der Waals surface area (Å²) in [5, 5.41) is 0. The third-order valence-corrected chi connectivity index (χ3v) is 3.24. The number of halogens is 4. The molecule has 0 aliphatic carbocycles. The SMILES string of the molecule is O=C1CCN(c2cc(Br)cc(C(F)(F)F)c2)C(=O)C1. The Morgan fingerprint density at radius 1 is 1.16 bits per heavy atom. The van der Waals surface area contributed by atoms with Gasteiger partial charge < -0.3 is 4.90 Å². The van der Waals surface area contributed by atoms with Crippen molar-refractivity contribution < 1.29 is 22.8 Å². The summed E-state index contributed by atoms with van der Waals surface area (Å²) in [5.74, 6) is -0.658. The average molecular weight is 336 g/mol. The fraction of sp³-hybridized carbons (Fsp3) is 0.333. The van der Waals surface area contributed by atoms with Crippen molar-refractivity contribution in [2.45, 2.75) is 19.0 Å². The molecule has 0 radical (unpaired) electrons. The third-order valence-electron chi connectivity index (χ3n) is 2.79. The van der Waals surface area contributed by atoms with Crippen LogP contribution < -0.4 is 4.90 Å². The lowest BCUT2D eigenvalue weighted by molar-refractivity contribution is -0.137. The van der Waals surface area contributed by atoms with Crippen molar-refractivity contribution in [2.24, 2.45) is 0 Å². The maximum absolute atomic E-state index is 12.7. The molecule has 2 rings (SSSR count). The van der Waals surface area contributed by atoms with Gasteiger partial charge in [0.15, 0.2) is 0 Å². The molecule has 102 valence electrons. The molecule has 3 nitrogen and oxygen atoms in total. The number of carbonyl (C=O) groups is 2. The fourth-order valence-electron chi connectivity index (χ4n) is 1.88. The van der Waals surface area contributed by atoms with Crippen LogP contribution in [0.15, 0.2) is 22.7 Å². The zero-order valence-electron chi connectivity index (χ0n) is 9.63. The zero-order chi connectivity index (χ0) is 14.2. The highest BCUT2D eigenvalue weighted by Crippen LogP contribution is 2.35. The largest absolute Gasteiger partial charge is 0.416 e. The first-order valence-corrected chi connectivity index (χ1v) is 6.26. The molecule has 1 aromatic carbocycles. The molecule has 1 heterocycles. The van der Waals surface area contributed by atoms with Crippen LogP contribution in [0.5, 0.6) is 0 Å². The van der Waals surface area contributed by atoms with Gasteiger partial charge in [0.25, 0.3) is 0 Å². The van der Waals surface area contributed by atoms with Crippen molar-refractivity contribution >= 4 is 33.3 Å². The summed E-state index contributed by atoms with van der Waals surface area (Å²) in [6, 6.07) is 3.30. The summed E-state index contributed by atoms with van der Waals surface area (Å²) >= 11 is 3.00. The predicted molar refractivity (Wildman–Crippen MR) is 65.7 cm³/mol. The molecule has 0 bridgehead atoms. The number of rotatable bonds is 1. The Hall–Kier alpha value is -1.37. The van der Waals surface area contributed by atoms with Crippen LogP contribution in [0, 0.1) is 0 Å². The first kappa shape index (κ1) is 14.0. The molecular weight excluding hydrogens is 327 g/mol. The van der Waals surface area contributed by atoms with E-state index in [0.717, 1.165) is 12.1 Å². The summed E-state index contributed by atoms with van der Waals surface area (Å²) in [6.07, 6.45) is -4.57. The van der Waals surface area contributed by atoms with Crippen LogP contribution in [-0.4, -0.2) is 18.2 Å². The van der Waals surface area contributed by atoms with E-state index >= 15 is 0 Å². The van der Waals surface area contributed by atoms with Crippen molar-refractivity contribution in [3.8, 4) is 0 Å². The minimum Gasteiger partial charge on any atom is -0.312 e. The second-order valence-corrected chi connectivity index (χ2v) is 5.12. The van der Waals surface area contributed by atoms with Gasteiger partial charge in [-0.2, -0.15) is 13.2 Å². The maximum Gasteiger partial charge on any atom is 0.416 e. The van der Waals surface area contributed by atoms with Gasteiger partial charge in [0.1, 0.15) is 5.78 Å². The molecule has 0 unspecified atom stereocenters. The highest BCUT2D eigenvalue weighted by Gasteiger charge is 2.33. The van der Waals surface area contributed by atoms with E-state index in [0.29, 0.717) is 0 Å². The van der Waals surface area contributed by atoms with Crippen molar-refractivity contribution in [1.29, 1.82) is 0 Å². The summed E-state index contributed by atoms with van der Waals surface area (Å²) < 4.78 is 38.3. The number of hydrogen-bond acceptors (Lipinski definition) is 2. The van der Waals surface area contributed by atoms with Crippen molar-refractivity contribution in [2.75, 3.05) is 11.4 Å². The van der Waals surface area contributed by atoms with Crippen LogP contribution in [-0.2, 0) is 15.8 Å². The molecule has 19 heavy (non-hydrogen) atoms. The van der Waals surface area contributed by atoms with Crippen LogP contribution in [0.1, 0.15) is 18.4 Å². The van der Waals surface area contributed by atoms with Crippen LogP contribution in [0.3, 0.4) is 0 Å². The van der Waals surface area contributed by atoms with Crippen LogP contribution in [0.25, 0.3) is 0 Å². The van der Waals surface area contributed by atoms with E-state index in [1.54, 1.807) is 0 Å². The van der Waals surface area contributed by atoms with E-state index in [4.69, 9.17) is 0 Å². The van der Waals surface area contributed by atoms with Crippen molar-refractivity contribution in [3.05, 3.63) is 28.2 Å². The molecule has 0 saturated carbocycles. The molecule has 1 aliphatic rings. The predicted octanol–water partition coefficient (Wildman–Crippen LogP) is 3.16. The van der Waals surface area contributed by atoms with E-state index in [9.17, 15) is 22.8 Å². The smallest absolute Gasteiger partial charge is 0.312 e. The Morgan fingerprint density at radius 2 is 1.84 bits per heavy atom. The highest BCUT2D eigenvalue weighted by atomic mass is 79.9. The number of nitrogens with zero attached hydrogens (tertiary/aromatic N) is 1. The van der Waals surface area contributed by atoms with E-state index in [2.05, 4.69) is 15.9 Å². The molecule has 1 aliphatic heterocycles. The number of amides is 1. The molecule has 0 aromatic heterocycles. The van der Waals surface area contributed by atoms with Gasteiger partial charge in [0.05, 0.1) is 12.0 Å². The van der Waals surface area contributed by atoms with Crippen molar-refractivity contribution in [3.63, 3.8) is 0 Å². The minimum atomic E-state index is -4.48. The van der Waals surface area contributed by atoms with E-state index in [1.165, 1.54) is 11.0 Å². The first-order valence-electron chi connectivity index (χ1n) is 5.47. The molecule has 0 atom stereocenters. The van der Waals surface area contributed by atoms with Gasteiger partial charge in [0.2, 0.25) is 5.91 Å². The van der Waals surface area contributed by atoms with E-state index in [1.807, 2.05) is 0 Å². The molecule has 0 spiro atoms. The maximum atomic E-state index is 12.7. The van der Waals surface area contributed by atoms with Gasteiger partial charge in [-0.3, -0.25) is 9.59 Å². The molecule has 1 fully saturated rings. The Morgan fingerprint density at radius 3 is 2.42 bits per heavy atom. The van der Waals surface area contributed by atoms with Crippen LogP contribution >= 0.6 is 15.9 Å². The van der Waals surface area contributed by atoms with Gasteiger partial charge in [-0.25, -0.2) is 0 Å². The lowest BCUT2D eigenvalue weighted by Gasteiger charge is -2.27. The summed E-state index contributed by atoms with van der Waals surface area (Å²) in [4.78, 5) is 24.0. The molecule has 7 heteroatoms. The molecule has 0 N–H and O–H groups in total. The van der Waals surface area contributed by atoms with Gasteiger partial charge in [-0.05, 0) is 18.2 Å². The normalized spacial score (nSPS) is 16.9. The Labute approximate surface area is 115 Å². The van der Waals surface area contributed by atoms with Gasteiger partial charge in [-0.1, -0.05) is 15.9 Å². The van der Waals surface area contributed by atoms with Crippen LogP contribution in [0.4, 0.5) is 18.9 Å². The van der Waals surface area contributed by atoms with Crippen LogP contribution in [0.2, 0.25) is 0 Å². The monoisotopic (exact) mass is 335 g/mol. The molecule has 1 aromatic rings. The molecular formula is C12H9BrF3NO2. The van der Waals surface area contributed by atoms with Gasteiger partial charge in [-0.15, -0.1) is 0 Å². The van der Waals surface area contributed by atoms with E-state index < -0.39 is 17.6 Å². The minimum absolute atomic E-state index is 0.116. The number of benzene rings is 1. The topological polar surface area (TPSA) is 37.4 Å². The lowest BCUT2D eigenvalue weighted by Crippen LogP contribution is -2.39. The second kappa shape index (κ2) is 4.96. The fourth-order valence-corrected chi connectivity index (χ4v) is 2.36. The second-order valence-electron chi connectivity index (χ2n) is 4.21. The Kier molecular flexibility index (Phi) is 3.66. The average Bonchev–Trinajstić information content (AvgIpc) is 2.26. The van der Waals surface area contributed by atoms with E-state index in [-0.39, 0.29) is 35.3 Å². The number of anilines is 1. The first-order chi connectivity index (χ1) is 8.77. The third kappa shape index (κ3) is 3.15. The Bertz CT molecular complexity index is 542. The summed E-state index contributed by atoms with van der Waals surface area (Å²) in [6.45, 7) is 0.116. The quantitative estimate of drug-likeness (QED) is 0.739. The summed E-state index contributed by atoms with van der Waals surface area (Å²) in [5.41, 5.74) is -0.680. The molecule has 1 saturated heterocycles. The number of Topliss-reactive ketones (excluding diaryl/α,β-unsaturated/α-hetero) is 1. The number of hydrogen-bond donors (Lipinski definition) is 0. The number of alkyl halides is 3. The zero-order valence-corrected chi connectivity index (χ0v) is 11.2. The van der Waals surface area contributed by atoms with Gasteiger partial charge >= 0.3 is 6.18 Å². The number of carbonyl (C=O) groups excluding carboxylic acids is 2. The van der Waals surface area contributed by atoms with Crippen molar-refractivity contribution in [1.82, 2.24) is 0 Å². The number of piperidine rings is 1.